The number of rotatable bonds is 8. The van der Waals surface area contributed by atoms with Crippen molar-refractivity contribution < 1.29 is 0 Å². The Hall–Kier alpha value is -2.82. The molecule has 136 valence electrons. The molecule has 5 nitrogen and oxygen atoms in total. The quantitative estimate of drug-likeness (QED) is 0.373. The van der Waals surface area contributed by atoms with Gasteiger partial charge in [-0.25, -0.2) is 4.98 Å². The van der Waals surface area contributed by atoms with Gasteiger partial charge >= 0.3 is 0 Å². The van der Waals surface area contributed by atoms with Crippen molar-refractivity contribution >= 4 is 17.0 Å². The van der Waals surface area contributed by atoms with Crippen LogP contribution in [0.4, 0.5) is 0 Å². The summed E-state index contributed by atoms with van der Waals surface area (Å²) in [5.74, 6) is 0.869. The summed E-state index contributed by atoms with van der Waals surface area (Å²) in [7, 11) is 1.82. The van der Waals surface area contributed by atoms with Crippen LogP contribution in [0.15, 0.2) is 65.9 Å². The van der Waals surface area contributed by atoms with E-state index in [0.29, 0.717) is 0 Å². The van der Waals surface area contributed by atoms with Crippen LogP contribution in [0.2, 0.25) is 0 Å². The maximum Gasteiger partial charge on any atom is 0.190 e. The van der Waals surface area contributed by atoms with E-state index in [1.807, 2.05) is 25.5 Å². The highest BCUT2D eigenvalue weighted by molar-refractivity contribution is 5.79. The summed E-state index contributed by atoms with van der Waals surface area (Å²) in [5.41, 5.74) is 3.62. The lowest BCUT2D eigenvalue weighted by Crippen LogP contribution is -2.38. The third kappa shape index (κ3) is 5.09. The Labute approximate surface area is 155 Å². The number of fused-ring (bicyclic) bond motifs is 1. The molecule has 26 heavy (non-hydrogen) atoms. The highest BCUT2D eigenvalue weighted by Gasteiger charge is 2.01. The first-order valence-corrected chi connectivity index (χ1v) is 9.25. The summed E-state index contributed by atoms with van der Waals surface area (Å²) in [6.45, 7) is 2.74. The molecule has 3 aromatic rings. The first-order valence-electron chi connectivity index (χ1n) is 9.25. The maximum absolute atomic E-state index is 4.43. The number of nitrogens with zero attached hydrogens (tertiary/aromatic N) is 3. The average Bonchev–Trinajstić information content (AvgIpc) is 3.11. The molecule has 0 aliphatic heterocycles. The van der Waals surface area contributed by atoms with E-state index in [0.717, 1.165) is 50.4 Å². The standard InChI is InChI=1S/C21H27N5/c1-22-21(23-14-7-11-18-9-3-2-4-10-18)24-15-8-16-26-17-25-19-12-5-6-13-20(19)26/h2-6,9-10,12-13,17H,7-8,11,14-16H2,1H3,(H2,22,23,24). The molecule has 0 radical (unpaired) electrons. The molecule has 0 fully saturated rings. The van der Waals surface area contributed by atoms with Gasteiger partial charge in [0.25, 0.3) is 0 Å². The first kappa shape index (κ1) is 18.0. The SMILES string of the molecule is CN=C(NCCCc1ccccc1)NCCCn1cnc2ccccc21. The van der Waals surface area contributed by atoms with Crippen molar-refractivity contribution in [3.05, 3.63) is 66.5 Å². The minimum Gasteiger partial charge on any atom is -0.356 e. The van der Waals surface area contributed by atoms with Crippen LogP contribution in [-0.2, 0) is 13.0 Å². The second-order valence-electron chi connectivity index (χ2n) is 6.30. The zero-order valence-electron chi connectivity index (χ0n) is 15.4. The monoisotopic (exact) mass is 349 g/mol. The predicted molar refractivity (Wildman–Crippen MR) is 108 cm³/mol. The van der Waals surface area contributed by atoms with Crippen molar-refractivity contribution in [1.82, 2.24) is 20.2 Å². The first-order chi connectivity index (χ1) is 12.9. The Morgan fingerprint density at radius 1 is 0.962 bits per heavy atom. The minimum atomic E-state index is 0.869. The number of nitrogens with one attached hydrogen (secondary N) is 2. The van der Waals surface area contributed by atoms with Crippen LogP contribution in [0, 0.1) is 0 Å². The molecule has 2 aromatic carbocycles. The van der Waals surface area contributed by atoms with Crippen LogP contribution < -0.4 is 10.6 Å². The summed E-state index contributed by atoms with van der Waals surface area (Å²) in [4.78, 5) is 8.72. The summed E-state index contributed by atoms with van der Waals surface area (Å²) < 4.78 is 2.20. The number of benzene rings is 2. The van der Waals surface area contributed by atoms with Gasteiger partial charge in [0.1, 0.15) is 0 Å². The lowest BCUT2D eigenvalue weighted by molar-refractivity contribution is 0.635. The normalized spacial score (nSPS) is 11.7. The van der Waals surface area contributed by atoms with Crippen LogP contribution in [0.1, 0.15) is 18.4 Å². The van der Waals surface area contributed by atoms with Crippen LogP contribution in [0.3, 0.4) is 0 Å². The smallest absolute Gasteiger partial charge is 0.190 e. The average molecular weight is 349 g/mol. The van der Waals surface area contributed by atoms with Gasteiger partial charge < -0.3 is 15.2 Å². The zero-order valence-corrected chi connectivity index (χ0v) is 15.4. The highest BCUT2D eigenvalue weighted by Crippen LogP contribution is 2.11. The van der Waals surface area contributed by atoms with Gasteiger partial charge in [-0.15, -0.1) is 0 Å². The van der Waals surface area contributed by atoms with Crippen LogP contribution in [0.25, 0.3) is 11.0 Å². The Morgan fingerprint density at radius 2 is 1.69 bits per heavy atom. The number of imidazole rings is 1. The topological polar surface area (TPSA) is 54.2 Å². The summed E-state index contributed by atoms with van der Waals surface area (Å²) in [5, 5.41) is 6.77. The number of guanidine groups is 1. The molecule has 0 aliphatic rings. The van der Waals surface area contributed by atoms with E-state index in [2.05, 4.69) is 67.6 Å². The van der Waals surface area contributed by atoms with Crippen LogP contribution >= 0.6 is 0 Å². The van der Waals surface area contributed by atoms with E-state index < -0.39 is 0 Å². The van der Waals surface area contributed by atoms with E-state index in [1.54, 1.807) is 0 Å². The van der Waals surface area contributed by atoms with Crippen molar-refractivity contribution in [2.24, 2.45) is 4.99 Å². The summed E-state index contributed by atoms with van der Waals surface area (Å²) in [6, 6.07) is 18.8. The zero-order chi connectivity index (χ0) is 18.0. The van der Waals surface area contributed by atoms with E-state index in [9.17, 15) is 0 Å². The third-order valence-electron chi connectivity index (χ3n) is 4.40. The van der Waals surface area contributed by atoms with Gasteiger partial charge in [0, 0.05) is 26.7 Å². The molecule has 0 saturated carbocycles. The Balaban J connectivity index is 1.34. The second-order valence-corrected chi connectivity index (χ2v) is 6.30. The molecule has 2 N–H and O–H groups in total. The number of hydrogen-bond acceptors (Lipinski definition) is 2. The summed E-state index contributed by atoms with van der Waals surface area (Å²) >= 11 is 0. The van der Waals surface area contributed by atoms with Gasteiger partial charge in [-0.1, -0.05) is 42.5 Å². The number of aryl methyl sites for hydroxylation is 2. The number of hydrogen-bond donors (Lipinski definition) is 2. The van der Waals surface area contributed by atoms with Crippen molar-refractivity contribution in [3.8, 4) is 0 Å². The highest BCUT2D eigenvalue weighted by atomic mass is 15.2. The lowest BCUT2D eigenvalue weighted by Gasteiger charge is -2.12. The minimum absolute atomic E-state index is 0.869. The molecule has 0 amide bonds. The van der Waals surface area contributed by atoms with Crippen molar-refractivity contribution in [1.29, 1.82) is 0 Å². The van der Waals surface area contributed by atoms with Crippen molar-refractivity contribution in [2.75, 3.05) is 20.1 Å². The van der Waals surface area contributed by atoms with E-state index >= 15 is 0 Å². The lowest BCUT2D eigenvalue weighted by atomic mass is 10.1. The van der Waals surface area contributed by atoms with E-state index in [4.69, 9.17) is 0 Å². The molecule has 3 rings (SSSR count). The molecule has 0 spiro atoms. The van der Waals surface area contributed by atoms with Gasteiger partial charge in [0.05, 0.1) is 17.4 Å². The van der Waals surface area contributed by atoms with Gasteiger partial charge in [0.15, 0.2) is 5.96 Å². The molecular formula is C21H27N5. The fourth-order valence-corrected chi connectivity index (χ4v) is 3.01. The Kier molecular flexibility index (Phi) is 6.65. The second kappa shape index (κ2) is 9.61. The predicted octanol–water partition coefficient (Wildman–Crippen LogP) is 3.22. The van der Waals surface area contributed by atoms with Gasteiger partial charge in [-0.05, 0) is 37.0 Å². The fourth-order valence-electron chi connectivity index (χ4n) is 3.01. The molecule has 1 heterocycles. The molecule has 5 heteroatoms. The molecular weight excluding hydrogens is 322 g/mol. The molecule has 0 saturated heterocycles. The Morgan fingerprint density at radius 3 is 2.50 bits per heavy atom. The van der Waals surface area contributed by atoms with Gasteiger partial charge in [-0.2, -0.15) is 0 Å². The molecule has 0 unspecified atom stereocenters. The van der Waals surface area contributed by atoms with Crippen LogP contribution in [0.5, 0.6) is 0 Å². The van der Waals surface area contributed by atoms with Crippen molar-refractivity contribution in [3.63, 3.8) is 0 Å². The molecule has 1 aromatic heterocycles. The maximum atomic E-state index is 4.43. The fraction of sp³-hybridized carbons (Fsp3) is 0.333. The number of aromatic nitrogens is 2. The number of aliphatic imine (C=N–C) groups is 1. The number of para-hydroxylation sites is 2. The van der Waals surface area contributed by atoms with E-state index in [1.165, 1.54) is 11.1 Å². The largest absolute Gasteiger partial charge is 0.356 e. The Bertz CT molecular complexity index is 823. The molecule has 0 bridgehead atoms. The van der Waals surface area contributed by atoms with Gasteiger partial charge in [0.2, 0.25) is 0 Å². The third-order valence-corrected chi connectivity index (χ3v) is 4.40. The molecule has 0 aliphatic carbocycles. The summed E-state index contributed by atoms with van der Waals surface area (Å²) in [6.07, 6.45) is 5.11. The van der Waals surface area contributed by atoms with Crippen LogP contribution in [-0.4, -0.2) is 35.6 Å². The molecule has 0 atom stereocenters. The van der Waals surface area contributed by atoms with Crippen molar-refractivity contribution in [2.45, 2.75) is 25.8 Å². The van der Waals surface area contributed by atoms with Gasteiger partial charge in [-0.3, -0.25) is 4.99 Å². The van der Waals surface area contributed by atoms with E-state index in [-0.39, 0.29) is 0 Å².